The Balaban J connectivity index is 1.34. The van der Waals surface area contributed by atoms with Gasteiger partial charge in [0.2, 0.25) is 11.8 Å². The first-order valence-electron chi connectivity index (χ1n) is 12.6. The number of carbonyl (C=O) groups is 2. The van der Waals surface area contributed by atoms with Crippen molar-refractivity contribution in [2.45, 2.75) is 18.8 Å². The maximum Gasteiger partial charge on any atom is 0.238 e. The van der Waals surface area contributed by atoms with Gasteiger partial charge in [0.15, 0.2) is 0 Å². The van der Waals surface area contributed by atoms with Crippen molar-refractivity contribution in [2.75, 3.05) is 4.90 Å². The molecule has 0 aromatic heterocycles. The molecule has 4 nitrogen and oxygen atoms in total. The summed E-state index contributed by atoms with van der Waals surface area (Å²) in [6, 6.07) is 35.0. The van der Waals surface area contributed by atoms with E-state index in [1.54, 1.807) is 12.1 Å². The number of aryl methyl sites for hydroxylation is 1. The number of amides is 2. The zero-order valence-electron chi connectivity index (χ0n) is 20.5. The van der Waals surface area contributed by atoms with E-state index in [0.29, 0.717) is 11.4 Å². The molecule has 1 heterocycles. The molecule has 0 saturated carbocycles. The van der Waals surface area contributed by atoms with Crippen molar-refractivity contribution < 1.29 is 14.3 Å². The molecule has 2 amide bonds. The summed E-state index contributed by atoms with van der Waals surface area (Å²) in [5.41, 5.74) is 3.77. The highest BCUT2D eigenvalue weighted by atomic mass is 16.5. The van der Waals surface area contributed by atoms with Gasteiger partial charge in [-0.05, 0) is 60.0 Å². The zero-order valence-corrected chi connectivity index (χ0v) is 20.5. The molecule has 37 heavy (non-hydrogen) atoms. The lowest BCUT2D eigenvalue weighted by molar-refractivity contribution is -0.122. The van der Waals surface area contributed by atoms with E-state index in [2.05, 4.69) is 12.2 Å². The molecule has 4 aromatic rings. The van der Waals surface area contributed by atoms with Gasteiger partial charge in [-0.15, -0.1) is 0 Å². The lowest BCUT2D eigenvalue weighted by atomic mass is 9.68. The van der Waals surface area contributed by atoms with E-state index >= 15 is 0 Å². The number of allylic oxidation sites excluding steroid dienone is 2. The normalized spacial score (nSPS) is 22.7. The third-order valence-electron chi connectivity index (χ3n) is 7.39. The van der Waals surface area contributed by atoms with E-state index in [0.717, 1.165) is 22.4 Å². The number of carbonyl (C=O) groups excluding carboxylic acids is 2. The maximum absolute atomic E-state index is 14.0. The van der Waals surface area contributed by atoms with E-state index < -0.39 is 11.8 Å². The van der Waals surface area contributed by atoms with E-state index in [-0.39, 0.29) is 23.7 Å². The molecule has 1 aliphatic heterocycles. The first-order chi connectivity index (χ1) is 18.1. The van der Waals surface area contributed by atoms with Crippen LogP contribution in [-0.2, 0) is 9.59 Å². The highest BCUT2D eigenvalue weighted by Crippen LogP contribution is 2.50. The van der Waals surface area contributed by atoms with E-state index in [1.807, 2.05) is 104 Å². The van der Waals surface area contributed by atoms with Gasteiger partial charge in [0.25, 0.3) is 0 Å². The molecule has 0 N–H and O–H groups in total. The fraction of sp³-hybridized carbons (Fsp3) is 0.152. The van der Waals surface area contributed by atoms with Crippen LogP contribution in [0.25, 0.3) is 0 Å². The molecular formula is C33H27NO3. The SMILES string of the molecule is Cc1cccc(Oc2ccc(N3C(=O)[C@@H]4[C@H](C3=O)[C@H](c3ccccc3)C=C[C@@H]4c3ccccc3)cc2)c1. The number of fused-ring (bicyclic) bond motifs is 1. The Labute approximate surface area is 216 Å². The van der Waals surface area contributed by atoms with Crippen LogP contribution in [0.2, 0.25) is 0 Å². The van der Waals surface area contributed by atoms with Gasteiger partial charge in [-0.3, -0.25) is 9.59 Å². The minimum Gasteiger partial charge on any atom is -0.457 e. The number of hydrogen-bond donors (Lipinski definition) is 0. The molecule has 1 aliphatic carbocycles. The van der Waals surface area contributed by atoms with Gasteiger partial charge in [0.05, 0.1) is 17.5 Å². The van der Waals surface area contributed by atoms with E-state index in [4.69, 9.17) is 4.74 Å². The molecular weight excluding hydrogens is 458 g/mol. The molecule has 0 radical (unpaired) electrons. The minimum absolute atomic E-state index is 0.151. The monoisotopic (exact) mass is 485 g/mol. The fourth-order valence-corrected chi connectivity index (χ4v) is 5.67. The highest BCUT2D eigenvalue weighted by molar-refractivity contribution is 6.23. The Hall–Kier alpha value is -4.44. The van der Waals surface area contributed by atoms with Gasteiger partial charge in [0.1, 0.15) is 11.5 Å². The van der Waals surface area contributed by atoms with Crippen LogP contribution in [0.4, 0.5) is 5.69 Å². The molecule has 0 spiro atoms. The summed E-state index contributed by atoms with van der Waals surface area (Å²) in [6.07, 6.45) is 4.23. The van der Waals surface area contributed by atoms with Gasteiger partial charge in [0, 0.05) is 11.8 Å². The third-order valence-corrected chi connectivity index (χ3v) is 7.39. The summed E-state index contributed by atoms with van der Waals surface area (Å²) in [4.78, 5) is 29.3. The molecule has 0 unspecified atom stereocenters. The molecule has 4 aromatic carbocycles. The molecule has 4 heteroatoms. The molecule has 4 atom stereocenters. The van der Waals surface area contributed by atoms with Gasteiger partial charge < -0.3 is 4.74 Å². The maximum atomic E-state index is 14.0. The minimum atomic E-state index is -0.465. The Bertz CT molecular complexity index is 1390. The van der Waals surface area contributed by atoms with E-state index in [1.165, 1.54) is 4.90 Å². The topological polar surface area (TPSA) is 46.6 Å². The molecule has 2 aliphatic rings. The molecule has 1 saturated heterocycles. The van der Waals surface area contributed by atoms with Crippen molar-refractivity contribution in [3.63, 3.8) is 0 Å². The van der Waals surface area contributed by atoms with Crippen LogP contribution in [0.1, 0.15) is 28.5 Å². The van der Waals surface area contributed by atoms with Crippen LogP contribution in [-0.4, -0.2) is 11.8 Å². The molecule has 182 valence electrons. The largest absolute Gasteiger partial charge is 0.457 e. The summed E-state index contributed by atoms with van der Waals surface area (Å²) in [5, 5.41) is 0. The second-order valence-electron chi connectivity index (χ2n) is 9.73. The first-order valence-corrected chi connectivity index (χ1v) is 12.6. The number of nitrogens with zero attached hydrogens (tertiary/aromatic N) is 1. The Morgan fingerprint density at radius 2 is 1.14 bits per heavy atom. The second-order valence-corrected chi connectivity index (χ2v) is 9.73. The molecule has 1 fully saturated rings. The van der Waals surface area contributed by atoms with Crippen LogP contribution in [0.15, 0.2) is 121 Å². The number of benzene rings is 4. The standard InChI is InChI=1S/C33H27NO3/c1-22-9-8-14-27(21-22)37-26-17-15-25(16-18-26)34-32(35)30-28(23-10-4-2-5-11-23)19-20-29(31(30)33(34)36)24-12-6-3-7-13-24/h2-21,28-31H,1H3/t28-,29+,30+,31-. The molecule has 6 rings (SSSR count). The Kier molecular flexibility index (Phi) is 5.93. The van der Waals surface area contributed by atoms with Crippen molar-refractivity contribution in [1.29, 1.82) is 0 Å². The third kappa shape index (κ3) is 4.25. The van der Waals surface area contributed by atoms with Crippen molar-refractivity contribution in [2.24, 2.45) is 11.8 Å². The first kappa shape index (κ1) is 23.0. The second kappa shape index (κ2) is 9.55. The van der Waals surface area contributed by atoms with Gasteiger partial charge in [-0.25, -0.2) is 4.90 Å². The number of ether oxygens (including phenoxy) is 1. The number of rotatable bonds is 5. The average molecular weight is 486 g/mol. The lowest BCUT2D eigenvalue weighted by Gasteiger charge is -2.32. The predicted molar refractivity (Wildman–Crippen MR) is 145 cm³/mol. The summed E-state index contributed by atoms with van der Waals surface area (Å²) in [7, 11) is 0. The van der Waals surface area contributed by atoms with E-state index in [9.17, 15) is 9.59 Å². The van der Waals surface area contributed by atoms with Crippen molar-refractivity contribution >= 4 is 17.5 Å². The van der Waals surface area contributed by atoms with Crippen LogP contribution in [0.3, 0.4) is 0 Å². The smallest absolute Gasteiger partial charge is 0.238 e. The summed E-state index contributed by atoms with van der Waals surface area (Å²) >= 11 is 0. The number of imide groups is 1. The van der Waals surface area contributed by atoms with Crippen LogP contribution in [0, 0.1) is 18.8 Å². The summed E-state index contributed by atoms with van der Waals surface area (Å²) in [6.45, 7) is 2.01. The van der Waals surface area contributed by atoms with Gasteiger partial charge >= 0.3 is 0 Å². The van der Waals surface area contributed by atoms with Crippen molar-refractivity contribution in [3.05, 3.63) is 138 Å². The quantitative estimate of drug-likeness (QED) is 0.225. The van der Waals surface area contributed by atoms with Crippen LogP contribution < -0.4 is 9.64 Å². The van der Waals surface area contributed by atoms with Gasteiger partial charge in [-0.2, -0.15) is 0 Å². The lowest BCUT2D eigenvalue weighted by Crippen LogP contribution is -2.31. The van der Waals surface area contributed by atoms with Crippen LogP contribution in [0.5, 0.6) is 11.5 Å². The predicted octanol–water partition coefficient (Wildman–Crippen LogP) is 7.03. The fourth-order valence-electron chi connectivity index (χ4n) is 5.67. The van der Waals surface area contributed by atoms with Gasteiger partial charge in [-0.1, -0.05) is 84.9 Å². The Morgan fingerprint density at radius 3 is 1.65 bits per heavy atom. The average Bonchev–Trinajstić information content (AvgIpc) is 3.20. The zero-order chi connectivity index (χ0) is 25.4. The van der Waals surface area contributed by atoms with Crippen molar-refractivity contribution in [1.82, 2.24) is 0 Å². The number of hydrogen-bond acceptors (Lipinski definition) is 3. The highest BCUT2D eigenvalue weighted by Gasteiger charge is 2.55. The summed E-state index contributed by atoms with van der Waals surface area (Å²) in [5.74, 6) is -0.149. The van der Waals surface area contributed by atoms with Crippen LogP contribution >= 0.6 is 0 Å². The Morgan fingerprint density at radius 1 is 0.595 bits per heavy atom. The molecule has 0 bridgehead atoms. The number of anilines is 1. The van der Waals surface area contributed by atoms with Crippen molar-refractivity contribution in [3.8, 4) is 11.5 Å². The summed E-state index contributed by atoms with van der Waals surface area (Å²) < 4.78 is 5.98.